The molecule has 1 aliphatic heterocycles. The van der Waals surface area contributed by atoms with Crippen molar-refractivity contribution in [2.24, 2.45) is 10.9 Å². The monoisotopic (exact) mass is 447 g/mol. The average Bonchev–Trinajstić information content (AvgIpc) is 2.92. The first-order chi connectivity index (χ1) is 11.1. The van der Waals surface area contributed by atoms with Crippen LogP contribution in [0.15, 0.2) is 29.5 Å². The summed E-state index contributed by atoms with van der Waals surface area (Å²) in [5, 5.41) is 6.83. The predicted molar refractivity (Wildman–Crippen MR) is 109 cm³/mol. The highest BCUT2D eigenvalue weighted by Crippen LogP contribution is 2.18. The summed E-state index contributed by atoms with van der Waals surface area (Å²) in [5.74, 6) is 2.24. The lowest BCUT2D eigenvalue weighted by molar-refractivity contribution is 0.265. The van der Waals surface area contributed by atoms with E-state index >= 15 is 0 Å². The molecule has 2 atom stereocenters. The van der Waals surface area contributed by atoms with Gasteiger partial charge in [0.25, 0.3) is 0 Å². The maximum absolute atomic E-state index is 5.62. The maximum atomic E-state index is 5.62. The molecule has 1 fully saturated rings. The highest BCUT2D eigenvalue weighted by molar-refractivity contribution is 14.0. The van der Waals surface area contributed by atoms with Crippen LogP contribution >= 0.6 is 24.0 Å². The van der Waals surface area contributed by atoms with Crippen molar-refractivity contribution in [1.82, 2.24) is 20.5 Å². The largest absolute Gasteiger partial charge is 0.490 e. The summed E-state index contributed by atoms with van der Waals surface area (Å²) in [5.41, 5.74) is 0. The molecular weight excluding hydrogens is 417 g/mol. The van der Waals surface area contributed by atoms with Crippen LogP contribution in [0.4, 0.5) is 0 Å². The number of aliphatic imine (C=N–C) groups is 1. The van der Waals surface area contributed by atoms with Crippen molar-refractivity contribution in [3.63, 3.8) is 0 Å². The van der Waals surface area contributed by atoms with E-state index in [-0.39, 0.29) is 24.0 Å². The van der Waals surface area contributed by atoms with Crippen LogP contribution in [0.2, 0.25) is 0 Å². The number of hydrogen-bond donors (Lipinski definition) is 2. The molecule has 1 aromatic heterocycles. The van der Waals surface area contributed by atoms with Gasteiger partial charge in [0.1, 0.15) is 12.4 Å². The minimum atomic E-state index is 0. The van der Waals surface area contributed by atoms with Crippen LogP contribution in [0.25, 0.3) is 0 Å². The number of aromatic nitrogens is 1. The van der Waals surface area contributed by atoms with Gasteiger partial charge in [-0.05, 0) is 31.9 Å². The molecule has 2 rings (SSSR count). The van der Waals surface area contributed by atoms with Crippen molar-refractivity contribution in [1.29, 1.82) is 0 Å². The van der Waals surface area contributed by atoms with Crippen molar-refractivity contribution >= 4 is 29.9 Å². The highest BCUT2D eigenvalue weighted by atomic mass is 127. The Balaban J connectivity index is 0.00000288. The number of hydrogen-bond acceptors (Lipinski definition) is 4. The van der Waals surface area contributed by atoms with E-state index in [1.807, 2.05) is 12.1 Å². The van der Waals surface area contributed by atoms with Gasteiger partial charge in [-0.1, -0.05) is 6.92 Å². The first kappa shape index (κ1) is 21.0. The Morgan fingerprint density at radius 1 is 1.46 bits per heavy atom. The topological polar surface area (TPSA) is 61.8 Å². The molecule has 2 heterocycles. The van der Waals surface area contributed by atoms with Crippen molar-refractivity contribution in [2.75, 3.05) is 33.3 Å². The fourth-order valence-electron chi connectivity index (χ4n) is 2.75. The quantitative estimate of drug-likeness (QED) is 0.302. The normalized spacial score (nSPS) is 21.5. The molecule has 0 aliphatic carbocycles. The Morgan fingerprint density at radius 2 is 2.25 bits per heavy atom. The van der Waals surface area contributed by atoms with Crippen LogP contribution in [0.1, 0.15) is 20.8 Å². The van der Waals surface area contributed by atoms with Gasteiger partial charge in [0.2, 0.25) is 0 Å². The van der Waals surface area contributed by atoms with E-state index < -0.39 is 0 Å². The van der Waals surface area contributed by atoms with E-state index in [0.717, 1.165) is 24.8 Å². The molecule has 0 bridgehead atoms. The number of nitrogens with zero attached hydrogens (tertiary/aromatic N) is 3. The Labute approximate surface area is 162 Å². The molecule has 136 valence electrons. The van der Waals surface area contributed by atoms with E-state index in [9.17, 15) is 0 Å². The summed E-state index contributed by atoms with van der Waals surface area (Å²) in [7, 11) is 1.80. The molecule has 0 spiro atoms. The molecule has 1 aromatic rings. The summed E-state index contributed by atoms with van der Waals surface area (Å²) in [6.07, 6.45) is 3.45. The summed E-state index contributed by atoms with van der Waals surface area (Å²) < 4.78 is 5.62. The number of likely N-dealkylation sites (tertiary alicyclic amines) is 1. The number of nitrogens with one attached hydrogen (secondary N) is 2. The first-order valence-electron chi connectivity index (χ1n) is 8.34. The van der Waals surface area contributed by atoms with Gasteiger partial charge in [-0.2, -0.15) is 0 Å². The third-order valence-electron chi connectivity index (χ3n) is 4.21. The summed E-state index contributed by atoms with van der Waals surface area (Å²) in [6.45, 7) is 10.3. The van der Waals surface area contributed by atoms with Crippen LogP contribution in [0.5, 0.6) is 5.75 Å². The molecule has 6 nitrogen and oxygen atoms in total. The van der Waals surface area contributed by atoms with E-state index in [0.29, 0.717) is 31.2 Å². The number of ether oxygens (including phenoxy) is 1. The average molecular weight is 447 g/mol. The van der Waals surface area contributed by atoms with Gasteiger partial charge in [-0.15, -0.1) is 24.0 Å². The van der Waals surface area contributed by atoms with Gasteiger partial charge < -0.3 is 15.4 Å². The molecule has 0 amide bonds. The van der Waals surface area contributed by atoms with Crippen molar-refractivity contribution in [3.8, 4) is 5.75 Å². The fraction of sp³-hybridized carbons (Fsp3) is 0.647. The van der Waals surface area contributed by atoms with Crippen LogP contribution in [0.3, 0.4) is 0 Å². The molecule has 7 heteroatoms. The Bertz CT molecular complexity index is 497. The molecule has 1 aliphatic rings. The van der Waals surface area contributed by atoms with E-state index in [2.05, 4.69) is 46.3 Å². The zero-order valence-corrected chi connectivity index (χ0v) is 17.4. The molecular formula is C17H30IN5O. The molecule has 24 heavy (non-hydrogen) atoms. The van der Waals surface area contributed by atoms with Crippen molar-refractivity contribution in [3.05, 3.63) is 24.5 Å². The third-order valence-corrected chi connectivity index (χ3v) is 4.21. The van der Waals surface area contributed by atoms with Crippen molar-refractivity contribution < 1.29 is 4.74 Å². The van der Waals surface area contributed by atoms with Crippen molar-refractivity contribution in [2.45, 2.75) is 32.9 Å². The minimum Gasteiger partial charge on any atom is -0.490 e. The maximum Gasteiger partial charge on any atom is 0.191 e. The zero-order valence-electron chi connectivity index (χ0n) is 15.0. The molecule has 2 N–H and O–H groups in total. The standard InChI is InChI=1S/C17H29N5O.HI/c1-13(2)22-11-14(3)16(12-22)21-17(18-4)20-8-9-23-15-6-5-7-19-10-15;/h5-7,10,13-14,16H,8-9,11-12H2,1-4H3,(H2,18,20,21);1H. The number of guanidine groups is 1. The molecule has 1 saturated heterocycles. The van der Waals surface area contributed by atoms with Crippen LogP contribution < -0.4 is 15.4 Å². The second kappa shape index (κ2) is 10.7. The van der Waals surface area contributed by atoms with Gasteiger partial charge in [0, 0.05) is 38.4 Å². The lowest BCUT2D eigenvalue weighted by Gasteiger charge is -2.22. The number of rotatable bonds is 6. The molecule has 2 unspecified atom stereocenters. The fourth-order valence-corrected chi connectivity index (χ4v) is 2.75. The molecule has 0 aromatic carbocycles. The molecule has 0 radical (unpaired) electrons. The van der Waals surface area contributed by atoms with Gasteiger partial charge in [0.15, 0.2) is 5.96 Å². The van der Waals surface area contributed by atoms with Gasteiger partial charge in [-0.25, -0.2) is 0 Å². The van der Waals surface area contributed by atoms with Gasteiger partial charge in [0.05, 0.1) is 12.7 Å². The summed E-state index contributed by atoms with van der Waals surface area (Å²) >= 11 is 0. The van der Waals surface area contributed by atoms with E-state index in [4.69, 9.17) is 4.74 Å². The van der Waals surface area contributed by atoms with E-state index in [1.165, 1.54) is 0 Å². The number of halogens is 1. The van der Waals surface area contributed by atoms with Gasteiger partial charge >= 0.3 is 0 Å². The third kappa shape index (κ3) is 6.43. The second-order valence-corrected chi connectivity index (χ2v) is 6.31. The lowest BCUT2D eigenvalue weighted by atomic mass is 10.1. The van der Waals surface area contributed by atoms with Crippen LogP contribution in [-0.2, 0) is 0 Å². The number of pyridine rings is 1. The Morgan fingerprint density at radius 3 is 2.83 bits per heavy atom. The predicted octanol–water partition coefficient (Wildman–Crippen LogP) is 1.97. The highest BCUT2D eigenvalue weighted by Gasteiger charge is 2.31. The minimum absolute atomic E-state index is 0. The SMILES string of the molecule is CN=C(NCCOc1cccnc1)NC1CN(C(C)C)CC1C.I. The van der Waals surface area contributed by atoms with Crippen LogP contribution in [-0.4, -0.2) is 61.2 Å². The Hall–Kier alpha value is -1.09. The lowest BCUT2D eigenvalue weighted by Crippen LogP contribution is -2.47. The Kier molecular flexibility index (Phi) is 9.35. The first-order valence-corrected chi connectivity index (χ1v) is 8.34. The second-order valence-electron chi connectivity index (χ2n) is 6.31. The van der Waals surface area contributed by atoms with E-state index in [1.54, 1.807) is 19.4 Å². The molecule has 0 saturated carbocycles. The smallest absolute Gasteiger partial charge is 0.191 e. The summed E-state index contributed by atoms with van der Waals surface area (Å²) in [6, 6.07) is 4.79. The summed E-state index contributed by atoms with van der Waals surface area (Å²) in [4.78, 5) is 10.8. The zero-order chi connectivity index (χ0) is 16.7. The van der Waals surface area contributed by atoms with Gasteiger partial charge in [-0.3, -0.25) is 14.9 Å². The van der Waals surface area contributed by atoms with Crippen LogP contribution in [0, 0.1) is 5.92 Å².